The Labute approximate surface area is 285 Å². The quantitative estimate of drug-likeness (QED) is 0.167. The maximum Gasteiger partial charge on any atom is 0.164 e. The van der Waals surface area contributed by atoms with Gasteiger partial charge < -0.3 is 0 Å². The molecule has 0 aliphatic heterocycles. The molecular formula is C44H31N5. The molecule has 0 N–H and O–H groups in total. The molecule has 0 fully saturated rings. The first-order chi connectivity index (χ1) is 24.2. The van der Waals surface area contributed by atoms with Gasteiger partial charge in [-0.25, -0.2) is 15.0 Å². The van der Waals surface area contributed by atoms with Gasteiger partial charge in [-0.05, 0) is 77.2 Å². The second-order valence-corrected chi connectivity index (χ2v) is 11.8. The summed E-state index contributed by atoms with van der Waals surface area (Å²) in [5.41, 5.74) is 11.2. The lowest BCUT2D eigenvalue weighted by Crippen LogP contribution is -2.01. The molecule has 5 aromatic carbocycles. The van der Waals surface area contributed by atoms with E-state index in [0.29, 0.717) is 17.5 Å². The summed E-state index contributed by atoms with van der Waals surface area (Å²) >= 11 is 0. The predicted molar refractivity (Wildman–Crippen MR) is 197 cm³/mol. The van der Waals surface area contributed by atoms with Gasteiger partial charge in [0.2, 0.25) is 0 Å². The molecule has 3 heterocycles. The highest BCUT2D eigenvalue weighted by Gasteiger charge is 2.16. The minimum atomic E-state index is 0.593. The minimum absolute atomic E-state index is 0.593. The van der Waals surface area contributed by atoms with E-state index in [4.69, 9.17) is 15.0 Å². The van der Waals surface area contributed by atoms with Crippen LogP contribution >= 0.6 is 0 Å². The molecule has 0 saturated heterocycles. The number of pyridine rings is 2. The van der Waals surface area contributed by atoms with Gasteiger partial charge in [0.1, 0.15) is 0 Å². The van der Waals surface area contributed by atoms with E-state index in [9.17, 15) is 0 Å². The third-order valence-corrected chi connectivity index (χ3v) is 8.41. The van der Waals surface area contributed by atoms with Gasteiger partial charge in [0.25, 0.3) is 0 Å². The summed E-state index contributed by atoms with van der Waals surface area (Å²) in [5, 5.41) is 0. The second-order valence-electron chi connectivity index (χ2n) is 11.8. The third kappa shape index (κ3) is 6.78. The summed E-state index contributed by atoms with van der Waals surface area (Å²) in [6, 6.07) is 56.0. The van der Waals surface area contributed by atoms with Crippen molar-refractivity contribution >= 4 is 0 Å². The molecule has 0 saturated carbocycles. The Morgan fingerprint density at radius 1 is 0.306 bits per heavy atom. The lowest BCUT2D eigenvalue weighted by molar-refractivity contribution is 1.07. The van der Waals surface area contributed by atoms with E-state index < -0.39 is 0 Å². The van der Waals surface area contributed by atoms with Crippen molar-refractivity contribution < 1.29 is 0 Å². The lowest BCUT2D eigenvalue weighted by Gasteiger charge is -2.13. The first-order valence-electron chi connectivity index (χ1n) is 16.3. The molecule has 5 nitrogen and oxygen atoms in total. The zero-order valence-corrected chi connectivity index (χ0v) is 26.7. The molecule has 8 aromatic rings. The van der Waals surface area contributed by atoms with Crippen LogP contribution in [0.5, 0.6) is 0 Å². The van der Waals surface area contributed by atoms with Crippen molar-refractivity contribution in [2.45, 2.75) is 6.42 Å². The molecule has 5 heteroatoms. The van der Waals surface area contributed by atoms with Crippen LogP contribution in [-0.4, -0.2) is 24.9 Å². The van der Waals surface area contributed by atoms with Crippen LogP contribution in [0.3, 0.4) is 0 Å². The normalized spacial score (nSPS) is 10.9. The topological polar surface area (TPSA) is 64.5 Å². The second kappa shape index (κ2) is 13.6. The van der Waals surface area contributed by atoms with Crippen molar-refractivity contribution in [3.05, 3.63) is 187 Å². The number of hydrogen-bond acceptors (Lipinski definition) is 5. The highest BCUT2D eigenvalue weighted by atomic mass is 15.0. The van der Waals surface area contributed by atoms with E-state index in [1.807, 2.05) is 79.1 Å². The highest BCUT2D eigenvalue weighted by Crippen LogP contribution is 2.32. The number of nitrogens with zero attached hydrogens (tertiary/aromatic N) is 5. The standard InChI is InChI=1S/C44H31N5/c1-3-13-31(14-4-1)25-32-26-38(33-15-5-2-6-16-33)30-39(27-32)44-48-42(36-19-11-17-34(28-36)40-21-7-9-23-45-40)47-43(49-44)37-20-12-18-35(29-37)41-22-8-10-24-46-41/h1-24,26-30H,25H2. The Hall–Kier alpha value is -6.59. The fourth-order valence-electron chi connectivity index (χ4n) is 6.02. The van der Waals surface area contributed by atoms with Crippen molar-refractivity contribution in [3.63, 3.8) is 0 Å². The van der Waals surface area contributed by atoms with Gasteiger partial charge in [0.15, 0.2) is 17.5 Å². The van der Waals surface area contributed by atoms with E-state index in [1.165, 1.54) is 11.1 Å². The Morgan fingerprint density at radius 3 is 1.31 bits per heavy atom. The van der Waals surface area contributed by atoms with E-state index >= 15 is 0 Å². The van der Waals surface area contributed by atoms with Crippen LogP contribution in [0.2, 0.25) is 0 Å². The molecular weight excluding hydrogens is 599 g/mol. The molecule has 0 spiro atoms. The average molecular weight is 630 g/mol. The molecule has 0 aliphatic rings. The van der Waals surface area contributed by atoms with Crippen LogP contribution in [0.4, 0.5) is 0 Å². The average Bonchev–Trinajstić information content (AvgIpc) is 3.19. The van der Waals surface area contributed by atoms with Gasteiger partial charge in [-0.3, -0.25) is 9.97 Å². The minimum Gasteiger partial charge on any atom is -0.256 e. The lowest BCUT2D eigenvalue weighted by atomic mass is 9.96. The first-order valence-corrected chi connectivity index (χ1v) is 16.3. The van der Waals surface area contributed by atoms with Crippen molar-refractivity contribution in [3.8, 4) is 67.8 Å². The van der Waals surface area contributed by atoms with Crippen molar-refractivity contribution in [1.29, 1.82) is 0 Å². The molecule has 8 rings (SSSR count). The van der Waals surface area contributed by atoms with Crippen molar-refractivity contribution in [1.82, 2.24) is 24.9 Å². The molecule has 0 radical (unpaired) electrons. The summed E-state index contributed by atoms with van der Waals surface area (Å²) in [7, 11) is 0. The molecule has 0 atom stereocenters. The molecule has 0 aliphatic carbocycles. The fourth-order valence-corrected chi connectivity index (χ4v) is 6.02. The largest absolute Gasteiger partial charge is 0.256 e. The Kier molecular flexibility index (Phi) is 8.29. The van der Waals surface area contributed by atoms with Gasteiger partial charge in [0.05, 0.1) is 11.4 Å². The summed E-state index contributed by atoms with van der Waals surface area (Å²) in [6.45, 7) is 0. The van der Waals surface area contributed by atoms with E-state index in [0.717, 1.165) is 56.8 Å². The van der Waals surface area contributed by atoms with Crippen LogP contribution in [0.15, 0.2) is 176 Å². The van der Waals surface area contributed by atoms with Gasteiger partial charge in [-0.1, -0.05) is 115 Å². The van der Waals surface area contributed by atoms with Gasteiger partial charge >= 0.3 is 0 Å². The maximum absolute atomic E-state index is 5.14. The van der Waals surface area contributed by atoms with E-state index in [2.05, 4.69) is 107 Å². The van der Waals surface area contributed by atoms with Gasteiger partial charge in [-0.2, -0.15) is 0 Å². The summed E-state index contributed by atoms with van der Waals surface area (Å²) in [4.78, 5) is 24.5. The molecule has 232 valence electrons. The predicted octanol–water partition coefficient (Wildman–Crippen LogP) is 10.3. The monoisotopic (exact) mass is 629 g/mol. The summed E-state index contributed by atoms with van der Waals surface area (Å²) in [6.07, 6.45) is 4.41. The van der Waals surface area contributed by atoms with Gasteiger partial charge in [0, 0.05) is 40.2 Å². The third-order valence-electron chi connectivity index (χ3n) is 8.41. The zero-order valence-electron chi connectivity index (χ0n) is 26.7. The van der Waals surface area contributed by atoms with E-state index in [1.54, 1.807) is 0 Å². The smallest absolute Gasteiger partial charge is 0.164 e. The van der Waals surface area contributed by atoms with Crippen LogP contribution in [0.1, 0.15) is 11.1 Å². The van der Waals surface area contributed by atoms with Crippen LogP contribution in [0.25, 0.3) is 67.8 Å². The molecule has 0 unspecified atom stereocenters. The highest BCUT2D eigenvalue weighted by molar-refractivity contribution is 5.76. The van der Waals surface area contributed by atoms with Crippen molar-refractivity contribution in [2.75, 3.05) is 0 Å². The number of aromatic nitrogens is 5. The summed E-state index contributed by atoms with van der Waals surface area (Å²) in [5.74, 6) is 1.80. The van der Waals surface area contributed by atoms with Crippen LogP contribution < -0.4 is 0 Å². The maximum atomic E-state index is 5.14. The zero-order chi connectivity index (χ0) is 32.8. The summed E-state index contributed by atoms with van der Waals surface area (Å²) < 4.78 is 0. The van der Waals surface area contributed by atoms with Crippen molar-refractivity contribution in [2.24, 2.45) is 0 Å². The van der Waals surface area contributed by atoms with Crippen LogP contribution in [0, 0.1) is 0 Å². The number of rotatable bonds is 8. The first kappa shape index (κ1) is 29.8. The van der Waals surface area contributed by atoms with Crippen LogP contribution in [-0.2, 0) is 6.42 Å². The fraction of sp³-hybridized carbons (Fsp3) is 0.0227. The molecule has 0 bridgehead atoms. The number of benzene rings is 5. The molecule has 3 aromatic heterocycles. The van der Waals surface area contributed by atoms with Gasteiger partial charge in [-0.15, -0.1) is 0 Å². The molecule has 49 heavy (non-hydrogen) atoms. The number of hydrogen-bond donors (Lipinski definition) is 0. The SMILES string of the molecule is c1ccc(Cc2cc(-c3ccccc3)cc(-c3nc(-c4cccc(-c5ccccn5)c4)nc(-c4cccc(-c5ccccn5)c4)n3)c2)cc1. The Bertz CT molecular complexity index is 2240. The molecule has 0 amide bonds. The Morgan fingerprint density at radius 2 is 0.755 bits per heavy atom. The van der Waals surface area contributed by atoms with E-state index in [-0.39, 0.29) is 0 Å². The Balaban J connectivity index is 1.31.